The number of likely N-dealkylation sites (tertiary alicyclic amines) is 1. The van der Waals surface area contributed by atoms with E-state index in [0.29, 0.717) is 25.1 Å². The first-order valence-electron chi connectivity index (χ1n) is 10.5. The first kappa shape index (κ1) is 19.0. The Hall–Kier alpha value is -2.99. The highest BCUT2D eigenvalue weighted by molar-refractivity contribution is 5.94. The van der Waals surface area contributed by atoms with E-state index in [0.717, 1.165) is 30.5 Å². The average molecular weight is 405 g/mol. The number of aromatic nitrogens is 2. The Bertz CT molecular complexity index is 1160. The fourth-order valence-electron chi connectivity index (χ4n) is 4.78. The Morgan fingerprint density at radius 1 is 1.23 bits per heavy atom. The zero-order valence-electron chi connectivity index (χ0n) is 16.7. The molecule has 1 aromatic carbocycles. The van der Waals surface area contributed by atoms with Gasteiger partial charge in [0.1, 0.15) is 5.82 Å². The second-order valence-corrected chi connectivity index (χ2v) is 8.19. The maximum Gasteiger partial charge on any atom is 0.253 e. The van der Waals surface area contributed by atoms with Gasteiger partial charge in [-0.3, -0.25) is 4.79 Å². The molecule has 5 nitrogen and oxygen atoms in total. The first-order chi connectivity index (χ1) is 14.6. The summed E-state index contributed by atoms with van der Waals surface area (Å²) < 4.78 is 15.2. The molecule has 1 amide bonds. The lowest BCUT2D eigenvalue weighted by Crippen LogP contribution is -2.41. The first-order valence-corrected chi connectivity index (χ1v) is 10.5. The Morgan fingerprint density at radius 2 is 2.00 bits per heavy atom. The molecule has 1 aliphatic carbocycles. The molecule has 2 aromatic heterocycles. The van der Waals surface area contributed by atoms with Crippen LogP contribution in [0.2, 0.25) is 0 Å². The fraction of sp³-hybridized carbons (Fsp3) is 0.333. The minimum absolute atomic E-state index is 0.0736. The van der Waals surface area contributed by atoms with E-state index in [1.165, 1.54) is 35.0 Å². The number of aliphatic hydroxyl groups is 1. The monoisotopic (exact) mass is 405 g/mol. The Labute approximate surface area is 174 Å². The number of halogens is 1. The van der Waals surface area contributed by atoms with Crippen LogP contribution in [0.1, 0.15) is 34.5 Å². The largest absolute Gasteiger partial charge is 0.392 e. The third-order valence-electron chi connectivity index (χ3n) is 6.46. The molecular weight excluding hydrogens is 381 g/mol. The average Bonchev–Trinajstić information content (AvgIpc) is 3.37. The summed E-state index contributed by atoms with van der Waals surface area (Å²) in [6, 6.07) is 5.68. The highest BCUT2D eigenvalue weighted by atomic mass is 19.1. The van der Waals surface area contributed by atoms with Gasteiger partial charge in [-0.25, -0.2) is 9.37 Å². The molecule has 0 spiro atoms. The van der Waals surface area contributed by atoms with Crippen molar-refractivity contribution in [1.29, 1.82) is 0 Å². The maximum absolute atomic E-state index is 13.1. The number of carbonyl (C=O) groups is 1. The molecule has 6 heteroatoms. The van der Waals surface area contributed by atoms with Crippen LogP contribution in [0.3, 0.4) is 0 Å². The van der Waals surface area contributed by atoms with Crippen LogP contribution >= 0.6 is 0 Å². The van der Waals surface area contributed by atoms with Gasteiger partial charge >= 0.3 is 0 Å². The molecule has 2 aliphatic rings. The number of amides is 1. The van der Waals surface area contributed by atoms with E-state index in [1.807, 2.05) is 12.5 Å². The van der Waals surface area contributed by atoms with Crippen molar-refractivity contribution in [3.63, 3.8) is 0 Å². The number of allylic oxidation sites excluding steroid dienone is 2. The summed E-state index contributed by atoms with van der Waals surface area (Å²) in [5.74, 6) is -0.270. The van der Waals surface area contributed by atoms with Gasteiger partial charge in [0.2, 0.25) is 0 Å². The molecule has 1 N–H and O–H groups in total. The Morgan fingerprint density at radius 3 is 2.77 bits per heavy atom. The van der Waals surface area contributed by atoms with Crippen molar-refractivity contribution in [3.05, 3.63) is 76.8 Å². The molecular formula is C24H24FN3O2. The van der Waals surface area contributed by atoms with Crippen LogP contribution in [0.25, 0.3) is 11.6 Å². The predicted octanol–water partition coefficient (Wildman–Crippen LogP) is 2.54. The number of nitrogens with zero attached hydrogens (tertiary/aromatic N) is 3. The van der Waals surface area contributed by atoms with E-state index < -0.39 is 6.10 Å². The molecule has 1 fully saturated rings. The van der Waals surface area contributed by atoms with Crippen LogP contribution in [0.4, 0.5) is 4.39 Å². The number of benzene rings is 1. The number of fused-ring (bicyclic) bond motifs is 3. The molecule has 1 atom stereocenters. The molecule has 3 aromatic rings. The van der Waals surface area contributed by atoms with E-state index in [1.54, 1.807) is 4.90 Å². The third-order valence-corrected chi connectivity index (χ3v) is 6.46. The number of imidazole rings is 1. The Balaban J connectivity index is 1.26. The predicted molar refractivity (Wildman–Crippen MR) is 112 cm³/mol. The van der Waals surface area contributed by atoms with Crippen LogP contribution < -0.4 is 5.22 Å². The van der Waals surface area contributed by atoms with Crippen molar-refractivity contribution in [2.45, 2.75) is 31.8 Å². The zero-order valence-corrected chi connectivity index (χ0v) is 16.7. The zero-order chi connectivity index (χ0) is 20.7. The lowest BCUT2D eigenvalue weighted by atomic mass is 9.87. The number of rotatable bonds is 4. The molecule has 1 saturated heterocycles. The van der Waals surface area contributed by atoms with Gasteiger partial charge in [0.15, 0.2) is 0 Å². The molecule has 0 bridgehead atoms. The fourth-order valence-corrected chi connectivity index (χ4v) is 4.78. The smallest absolute Gasteiger partial charge is 0.253 e. The lowest BCUT2D eigenvalue weighted by molar-refractivity contribution is 0.0463. The summed E-state index contributed by atoms with van der Waals surface area (Å²) in [7, 11) is 0. The number of piperidine rings is 1. The van der Waals surface area contributed by atoms with Crippen LogP contribution in [-0.2, 0) is 12.8 Å². The molecule has 30 heavy (non-hydrogen) atoms. The molecule has 1 unspecified atom stereocenters. The summed E-state index contributed by atoms with van der Waals surface area (Å²) in [5, 5.41) is 12.2. The highest BCUT2D eigenvalue weighted by Crippen LogP contribution is 2.26. The van der Waals surface area contributed by atoms with Gasteiger partial charge in [-0.15, -0.1) is 0 Å². The molecule has 154 valence electrons. The summed E-state index contributed by atoms with van der Waals surface area (Å²) in [6.45, 7) is 1.21. The van der Waals surface area contributed by atoms with Crippen molar-refractivity contribution in [3.8, 4) is 0 Å². The standard InChI is InChI=1S/C24H24FN3O2/c25-18-7-5-17(6-8-18)24(30)27-11-9-16(10-12-27)23(29)13-21-19-3-1-2-4-20(19)22-14-26-15-28(21)22/h1-2,4-8,14-16,23,29H,3,9-13H2. The number of aliphatic hydroxyl groups excluding tert-OH is 1. The second kappa shape index (κ2) is 7.69. The molecule has 0 saturated carbocycles. The summed E-state index contributed by atoms with van der Waals surface area (Å²) in [4.78, 5) is 18.7. The minimum Gasteiger partial charge on any atom is -0.392 e. The van der Waals surface area contributed by atoms with Crippen molar-refractivity contribution >= 4 is 17.5 Å². The topological polar surface area (TPSA) is 57.8 Å². The van der Waals surface area contributed by atoms with Gasteiger partial charge < -0.3 is 14.4 Å². The van der Waals surface area contributed by atoms with Gasteiger partial charge in [0, 0.05) is 36.0 Å². The van der Waals surface area contributed by atoms with E-state index in [2.05, 4.69) is 27.6 Å². The molecule has 3 heterocycles. The van der Waals surface area contributed by atoms with Gasteiger partial charge in [-0.1, -0.05) is 18.2 Å². The second-order valence-electron chi connectivity index (χ2n) is 8.19. The van der Waals surface area contributed by atoms with E-state index in [4.69, 9.17) is 0 Å². The van der Waals surface area contributed by atoms with Crippen LogP contribution in [0.5, 0.6) is 0 Å². The minimum atomic E-state index is -0.462. The van der Waals surface area contributed by atoms with Gasteiger partial charge in [0.25, 0.3) is 5.91 Å². The number of carbonyl (C=O) groups excluding carboxylic acids is 1. The SMILES string of the molecule is O=C(c1ccc(F)cc1)N1CCC(C(O)Cc2c3c(c4cncn24)=CC=CC3)CC1. The number of hydrogen-bond donors (Lipinski definition) is 1. The van der Waals surface area contributed by atoms with Gasteiger partial charge in [-0.2, -0.15) is 0 Å². The van der Waals surface area contributed by atoms with E-state index >= 15 is 0 Å². The Kier molecular flexibility index (Phi) is 4.87. The lowest BCUT2D eigenvalue weighted by Gasteiger charge is -2.34. The molecule has 0 radical (unpaired) electrons. The third kappa shape index (κ3) is 3.31. The highest BCUT2D eigenvalue weighted by Gasteiger charge is 2.29. The van der Waals surface area contributed by atoms with Gasteiger partial charge in [-0.05, 0) is 55.0 Å². The van der Waals surface area contributed by atoms with Crippen LogP contribution in [0.15, 0.2) is 48.9 Å². The number of hydrogen-bond acceptors (Lipinski definition) is 3. The van der Waals surface area contributed by atoms with Crippen molar-refractivity contribution in [1.82, 2.24) is 14.3 Å². The normalized spacial score (nSPS) is 17.7. The van der Waals surface area contributed by atoms with E-state index in [-0.39, 0.29) is 17.6 Å². The van der Waals surface area contributed by atoms with Crippen LogP contribution in [-0.4, -0.2) is 44.5 Å². The van der Waals surface area contributed by atoms with E-state index in [9.17, 15) is 14.3 Å². The maximum atomic E-state index is 13.1. The van der Waals surface area contributed by atoms with Crippen molar-refractivity contribution < 1.29 is 14.3 Å². The van der Waals surface area contributed by atoms with Crippen molar-refractivity contribution in [2.75, 3.05) is 13.1 Å². The summed E-state index contributed by atoms with van der Waals surface area (Å²) in [6.07, 6.45) is 12.6. The summed E-state index contributed by atoms with van der Waals surface area (Å²) in [5.41, 5.74) is 4.01. The molecule has 5 rings (SSSR count). The quantitative estimate of drug-likeness (QED) is 0.726. The van der Waals surface area contributed by atoms with Crippen LogP contribution in [0, 0.1) is 11.7 Å². The van der Waals surface area contributed by atoms with Gasteiger partial charge in [0.05, 0.1) is 24.1 Å². The summed E-state index contributed by atoms with van der Waals surface area (Å²) >= 11 is 0. The molecule has 1 aliphatic heterocycles. The van der Waals surface area contributed by atoms with Crippen molar-refractivity contribution in [2.24, 2.45) is 5.92 Å².